The van der Waals surface area contributed by atoms with Gasteiger partial charge in [-0.15, -0.1) is 0 Å². The van der Waals surface area contributed by atoms with Gasteiger partial charge in [0.1, 0.15) is 6.10 Å². The van der Waals surface area contributed by atoms with Gasteiger partial charge in [0.2, 0.25) is 19.7 Å². The molecule has 31 heavy (non-hydrogen) atoms. The Kier molecular flexibility index (Phi) is 6.74. The normalized spacial score (nSPS) is 13.9. The fraction of sp³-hybridized carbons (Fsp3) is 0.130. The maximum absolute atomic E-state index is 16.7. The molecule has 0 bridgehead atoms. The van der Waals surface area contributed by atoms with Crippen molar-refractivity contribution in [1.82, 2.24) is 0 Å². The Morgan fingerprint density at radius 3 is 1.52 bits per heavy atom. The molecule has 0 fully saturated rings. The van der Waals surface area contributed by atoms with Crippen molar-refractivity contribution in [2.24, 2.45) is 0 Å². The van der Waals surface area contributed by atoms with Gasteiger partial charge < -0.3 is 4.74 Å². The molecule has 162 valence electrons. The van der Waals surface area contributed by atoms with Crippen LogP contribution in [0, 0.1) is 0 Å². The molecule has 0 aliphatic rings. The van der Waals surface area contributed by atoms with Gasteiger partial charge in [0.15, 0.2) is 0 Å². The van der Waals surface area contributed by atoms with Gasteiger partial charge in [-0.05, 0) is 35.9 Å². The van der Waals surface area contributed by atoms with Gasteiger partial charge in [-0.2, -0.15) is 0 Å². The first-order chi connectivity index (χ1) is 14.7. The second-order valence-corrected chi connectivity index (χ2v) is 11.0. The Labute approximate surface area is 181 Å². The topological polar surface area (TPSA) is 77.5 Å². The highest BCUT2D eigenvalue weighted by atomic mass is 32.3. The molecule has 1 atom stereocenters. The SMILES string of the molecule is COC(/C=C/c1ccccc1)C(F)(S(=O)(=O)c1ccccc1)S(=O)(=O)c1ccccc1. The number of halogens is 1. The molecule has 0 aliphatic heterocycles. The Hall–Kier alpha value is -2.81. The summed E-state index contributed by atoms with van der Waals surface area (Å²) in [6.07, 6.45) is 0.586. The van der Waals surface area contributed by atoms with E-state index in [4.69, 9.17) is 4.74 Å². The minimum absolute atomic E-state index is 0.466. The lowest BCUT2D eigenvalue weighted by Gasteiger charge is -2.30. The van der Waals surface area contributed by atoms with Gasteiger partial charge in [-0.3, -0.25) is 0 Å². The van der Waals surface area contributed by atoms with Crippen LogP contribution in [0.5, 0.6) is 0 Å². The summed E-state index contributed by atoms with van der Waals surface area (Å²) in [5.74, 6) is 0. The summed E-state index contributed by atoms with van der Waals surface area (Å²) in [5, 5.41) is 0. The van der Waals surface area contributed by atoms with Gasteiger partial charge in [-0.25, -0.2) is 21.2 Å². The number of ether oxygens (including phenoxy) is 1. The molecule has 0 aliphatic carbocycles. The molecular formula is C23H21FO5S2. The van der Waals surface area contributed by atoms with Crippen LogP contribution in [0.2, 0.25) is 0 Å². The Morgan fingerprint density at radius 1 is 0.742 bits per heavy atom. The van der Waals surface area contributed by atoms with Crippen LogP contribution in [0.3, 0.4) is 0 Å². The van der Waals surface area contributed by atoms with E-state index in [9.17, 15) is 16.8 Å². The molecule has 1 unspecified atom stereocenters. The van der Waals surface area contributed by atoms with Crippen molar-refractivity contribution < 1.29 is 26.0 Å². The minimum Gasteiger partial charge on any atom is -0.372 e. The van der Waals surface area contributed by atoms with E-state index in [1.165, 1.54) is 30.3 Å². The maximum atomic E-state index is 16.7. The van der Waals surface area contributed by atoms with Crippen molar-refractivity contribution in [3.63, 3.8) is 0 Å². The van der Waals surface area contributed by atoms with Gasteiger partial charge >= 0.3 is 4.33 Å². The summed E-state index contributed by atoms with van der Waals surface area (Å²) >= 11 is 0. The first-order valence-electron chi connectivity index (χ1n) is 9.29. The number of hydrogen-bond acceptors (Lipinski definition) is 5. The largest absolute Gasteiger partial charge is 0.372 e. The summed E-state index contributed by atoms with van der Waals surface area (Å²) < 4.78 is 71.7. The second-order valence-electron chi connectivity index (χ2n) is 6.64. The minimum atomic E-state index is -5.05. The molecule has 0 saturated heterocycles. The van der Waals surface area contributed by atoms with Crippen molar-refractivity contribution in [2.75, 3.05) is 7.11 Å². The highest BCUT2D eigenvalue weighted by Gasteiger charge is 2.62. The summed E-state index contributed by atoms with van der Waals surface area (Å²) in [4.78, 5) is -0.931. The molecule has 3 rings (SSSR count). The first kappa shape index (κ1) is 22.9. The number of sulfone groups is 2. The van der Waals surface area contributed by atoms with E-state index in [2.05, 4.69) is 0 Å². The summed E-state index contributed by atoms with van der Waals surface area (Å²) in [6, 6.07) is 22.0. The van der Waals surface area contributed by atoms with Crippen molar-refractivity contribution in [2.45, 2.75) is 20.2 Å². The van der Waals surface area contributed by atoms with Crippen LogP contribution < -0.4 is 0 Å². The standard InChI is InChI=1S/C23H21FO5S2/c1-29-22(18-17-19-11-5-2-6-12-19)23(24,30(25,26)20-13-7-3-8-14-20)31(27,28)21-15-9-4-10-16-21/h2-18,22H,1H3/b18-17+. The van der Waals surface area contributed by atoms with E-state index in [0.29, 0.717) is 5.56 Å². The fourth-order valence-corrected chi connectivity index (χ4v) is 7.44. The van der Waals surface area contributed by atoms with Crippen LogP contribution in [0.4, 0.5) is 4.39 Å². The number of rotatable bonds is 8. The number of hydrogen-bond donors (Lipinski definition) is 0. The Morgan fingerprint density at radius 2 is 1.13 bits per heavy atom. The quantitative estimate of drug-likeness (QED) is 0.501. The van der Waals surface area contributed by atoms with Crippen molar-refractivity contribution in [3.05, 3.63) is 103 Å². The second kappa shape index (κ2) is 9.13. The zero-order chi connectivity index (χ0) is 22.5. The van der Waals surface area contributed by atoms with Gasteiger partial charge in [-0.1, -0.05) is 72.8 Å². The van der Waals surface area contributed by atoms with Crippen LogP contribution in [0.1, 0.15) is 5.56 Å². The summed E-state index contributed by atoms with van der Waals surface area (Å²) in [7, 11) is -9.04. The number of methoxy groups -OCH3 is 1. The predicted octanol–water partition coefficient (Wildman–Crippen LogP) is 4.29. The lowest BCUT2D eigenvalue weighted by atomic mass is 10.2. The molecule has 0 aromatic heterocycles. The number of alkyl halides is 1. The van der Waals surface area contributed by atoms with Crippen LogP contribution in [-0.4, -0.2) is 34.4 Å². The zero-order valence-corrected chi connectivity index (χ0v) is 18.3. The molecule has 0 saturated carbocycles. The third-order valence-electron chi connectivity index (χ3n) is 4.70. The highest BCUT2D eigenvalue weighted by molar-refractivity contribution is 8.10. The Balaban J connectivity index is 2.24. The summed E-state index contributed by atoms with van der Waals surface area (Å²) in [5.41, 5.74) is 0.626. The monoisotopic (exact) mass is 460 g/mol. The zero-order valence-electron chi connectivity index (χ0n) is 16.6. The molecule has 0 spiro atoms. The smallest absolute Gasteiger partial charge is 0.346 e. The predicted molar refractivity (Wildman–Crippen MR) is 117 cm³/mol. The van der Waals surface area contributed by atoms with E-state index in [-0.39, 0.29) is 0 Å². The lowest BCUT2D eigenvalue weighted by Crippen LogP contribution is -2.51. The van der Waals surface area contributed by atoms with Crippen molar-refractivity contribution in [3.8, 4) is 0 Å². The van der Waals surface area contributed by atoms with E-state index in [1.807, 2.05) is 0 Å². The molecule has 0 heterocycles. The molecule has 0 radical (unpaired) electrons. The van der Waals surface area contributed by atoms with E-state index >= 15 is 4.39 Å². The lowest BCUT2D eigenvalue weighted by molar-refractivity contribution is 0.0805. The molecule has 3 aromatic carbocycles. The van der Waals surface area contributed by atoms with Crippen molar-refractivity contribution >= 4 is 25.8 Å². The van der Waals surface area contributed by atoms with Crippen LogP contribution >= 0.6 is 0 Å². The van der Waals surface area contributed by atoms with Gasteiger partial charge in [0.05, 0.1) is 9.79 Å². The van der Waals surface area contributed by atoms with Crippen molar-refractivity contribution in [1.29, 1.82) is 0 Å². The average molecular weight is 461 g/mol. The highest BCUT2D eigenvalue weighted by Crippen LogP contribution is 2.41. The van der Waals surface area contributed by atoms with E-state index in [1.54, 1.807) is 42.5 Å². The third-order valence-corrected chi connectivity index (χ3v) is 9.73. The molecule has 0 N–H and O–H groups in total. The molecule has 5 nitrogen and oxygen atoms in total. The molecule has 8 heteroatoms. The van der Waals surface area contributed by atoms with Crippen LogP contribution in [0.25, 0.3) is 6.08 Å². The van der Waals surface area contributed by atoms with Crippen LogP contribution in [-0.2, 0) is 24.4 Å². The third kappa shape index (κ3) is 4.19. The summed E-state index contributed by atoms with van der Waals surface area (Å²) in [6.45, 7) is 0. The van der Waals surface area contributed by atoms with Crippen LogP contribution in [0.15, 0.2) is 107 Å². The molecule has 0 amide bonds. The fourth-order valence-electron chi connectivity index (χ4n) is 3.07. The van der Waals surface area contributed by atoms with E-state index in [0.717, 1.165) is 37.5 Å². The number of benzene rings is 3. The average Bonchev–Trinajstić information content (AvgIpc) is 2.81. The van der Waals surface area contributed by atoms with Gasteiger partial charge in [0, 0.05) is 7.11 Å². The maximum Gasteiger partial charge on any atom is 0.346 e. The first-order valence-corrected chi connectivity index (χ1v) is 12.3. The Bertz CT molecular complexity index is 1170. The molecule has 3 aromatic rings. The molecular weight excluding hydrogens is 439 g/mol. The van der Waals surface area contributed by atoms with Gasteiger partial charge in [0.25, 0.3) is 0 Å². The van der Waals surface area contributed by atoms with E-state index < -0.39 is 39.9 Å².